The molecule has 0 spiro atoms. The van der Waals surface area contributed by atoms with Crippen molar-refractivity contribution in [3.63, 3.8) is 0 Å². The van der Waals surface area contributed by atoms with Gasteiger partial charge in [0.25, 0.3) is 0 Å². The summed E-state index contributed by atoms with van der Waals surface area (Å²) in [4.78, 5) is 8.97. The number of alkyl halides is 6. The van der Waals surface area contributed by atoms with Crippen molar-refractivity contribution in [2.24, 2.45) is 0 Å². The van der Waals surface area contributed by atoms with Gasteiger partial charge in [-0.2, -0.15) is 26.3 Å². The van der Waals surface area contributed by atoms with Crippen LogP contribution in [0, 0.1) is 23.2 Å². The Kier molecular flexibility index (Phi) is 11.0. The largest absolute Gasteiger partial charge is 2.00 e. The molecule has 2 rings (SSSR count). The SMILES string of the molecule is CCC(CC)(c1cccc(N[C-]=CC(=N)C(F)(F)F)n1)c1cccc(N[C-]=CC(=N)C(F)(F)F)n1.[Pt+2]. The minimum atomic E-state index is -4.78. The van der Waals surface area contributed by atoms with Crippen molar-refractivity contribution in [3.05, 3.63) is 72.3 Å². The van der Waals surface area contributed by atoms with Crippen LogP contribution in [-0.2, 0) is 26.5 Å². The second-order valence-electron chi connectivity index (χ2n) is 7.26. The summed E-state index contributed by atoms with van der Waals surface area (Å²) < 4.78 is 74.8. The number of nitrogens with zero attached hydrogens (tertiary/aromatic N) is 2. The molecule has 0 fully saturated rings. The Morgan fingerprint density at radius 2 is 1.14 bits per heavy atom. The zero-order valence-electron chi connectivity index (χ0n) is 19.0. The van der Waals surface area contributed by atoms with Gasteiger partial charge in [-0.1, -0.05) is 38.1 Å². The van der Waals surface area contributed by atoms with E-state index in [2.05, 4.69) is 33.0 Å². The molecule has 0 amide bonds. The number of anilines is 2. The molecule has 0 atom stereocenters. The maximum atomic E-state index is 12.5. The van der Waals surface area contributed by atoms with E-state index in [0.717, 1.165) is 0 Å². The summed E-state index contributed by atoms with van der Waals surface area (Å²) in [6.07, 6.45) is -3.19. The Morgan fingerprint density at radius 3 is 1.44 bits per heavy atom. The Labute approximate surface area is 218 Å². The van der Waals surface area contributed by atoms with Gasteiger partial charge >= 0.3 is 33.4 Å². The summed E-state index contributed by atoms with van der Waals surface area (Å²) in [7, 11) is 0. The smallest absolute Gasteiger partial charge is 0.453 e. The average molecular weight is 692 g/mol. The molecular formula is C23H22F6N6Pt. The first-order valence-electron chi connectivity index (χ1n) is 10.3. The average Bonchev–Trinajstić information content (AvgIpc) is 2.79. The van der Waals surface area contributed by atoms with Crippen LogP contribution in [0.2, 0.25) is 0 Å². The molecular weight excluding hydrogens is 669 g/mol. The van der Waals surface area contributed by atoms with Crippen molar-refractivity contribution in [3.8, 4) is 0 Å². The van der Waals surface area contributed by atoms with Gasteiger partial charge < -0.3 is 21.5 Å². The fourth-order valence-corrected chi connectivity index (χ4v) is 3.18. The minimum Gasteiger partial charge on any atom is -0.453 e. The first kappa shape index (κ1) is 31.0. The maximum Gasteiger partial charge on any atom is 2.00 e. The normalized spacial score (nSPS) is 12.4. The second kappa shape index (κ2) is 12.8. The van der Waals surface area contributed by atoms with Gasteiger partial charge in [-0.05, 0) is 25.0 Å². The van der Waals surface area contributed by atoms with Crippen molar-refractivity contribution in [1.82, 2.24) is 9.97 Å². The predicted molar refractivity (Wildman–Crippen MR) is 120 cm³/mol. The van der Waals surface area contributed by atoms with Gasteiger partial charge in [0.2, 0.25) is 0 Å². The fraction of sp³-hybridized carbons (Fsp3) is 0.304. The van der Waals surface area contributed by atoms with Gasteiger partial charge in [0, 0.05) is 34.4 Å². The Bertz CT molecular complexity index is 1020. The summed E-state index contributed by atoms with van der Waals surface area (Å²) in [5.74, 6) is 0.410. The number of hydrogen-bond acceptors (Lipinski definition) is 6. The number of allylic oxidation sites excluding steroid dienone is 2. The topological polar surface area (TPSA) is 97.5 Å². The molecule has 36 heavy (non-hydrogen) atoms. The summed E-state index contributed by atoms with van der Waals surface area (Å²) in [6.45, 7) is 3.81. The molecule has 0 bridgehead atoms. The van der Waals surface area contributed by atoms with Crippen LogP contribution in [0.15, 0.2) is 48.6 Å². The first-order chi connectivity index (χ1) is 16.3. The van der Waals surface area contributed by atoms with E-state index in [0.29, 0.717) is 36.4 Å². The van der Waals surface area contributed by atoms with Crippen LogP contribution in [-0.4, -0.2) is 33.7 Å². The van der Waals surface area contributed by atoms with Crippen LogP contribution >= 0.6 is 0 Å². The minimum absolute atomic E-state index is 0. The van der Waals surface area contributed by atoms with Crippen molar-refractivity contribution in [1.29, 1.82) is 10.8 Å². The van der Waals surface area contributed by atoms with Crippen molar-refractivity contribution < 1.29 is 47.4 Å². The fourth-order valence-electron chi connectivity index (χ4n) is 3.18. The van der Waals surface area contributed by atoms with Gasteiger partial charge in [0.15, 0.2) is 0 Å². The summed E-state index contributed by atoms with van der Waals surface area (Å²) in [5, 5.41) is 18.9. The molecule has 13 heteroatoms. The quantitative estimate of drug-likeness (QED) is 0.103. The molecule has 6 nitrogen and oxygen atoms in total. The van der Waals surface area contributed by atoms with Gasteiger partial charge in [0.05, 0.1) is 5.41 Å². The van der Waals surface area contributed by atoms with Crippen LogP contribution in [0.4, 0.5) is 38.0 Å². The van der Waals surface area contributed by atoms with E-state index in [4.69, 9.17) is 10.8 Å². The zero-order valence-corrected chi connectivity index (χ0v) is 21.3. The molecule has 2 aromatic heterocycles. The molecule has 0 saturated heterocycles. The van der Waals surface area contributed by atoms with Crippen LogP contribution < -0.4 is 10.6 Å². The van der Waals surface area contributed by atoms with E-state index in [1.54, 1.807) is 24.3 Å². The monoisotopic (exact) mass is 691 g/mol. The van der Waals surface area contributed by atoms with Crippen molar-refractivity contribution in [2.75, 3.05) is 10.6 Å². The summed E-state index contributed by atoms with van der Waals surface area (Å²) in [6, 6.07) is 9.83. The van der Waals surface area contributed by atoms with E-state index in [9.17, 15) is 26.3 Å². The predicted octanol–water partition coefficient (Wildman–Crippen LogP) is 6.20. The molecule has 0 saturated carbocycles. The van der Waals surface area contributed by atoms with E-state index >= 15 is 0 Å². The molecule has 2 aromatic rings. The molecule has 0 radical (unpaired) electrons. The van der Waals surface area contributed by atoms with Crippen LogP contribution in [0.5, 0.6) is 0 Å². The molecule has 0 aromatic carbocycles. The van der Waals surface area contributed by atoms with E-state index < -0.39 is 29.2 Å². The number of halogens is 6. The molecule has 0 aliphatic heterocycles. The van der Waals surface area contributed by atoms with Crippen molar-refractivity contribution in [2.45, 2.75) is 44.5 Å². The van der Waals surface area contributed by atoms with Gasteiger partial charge in [-0.3, -0.25) is 9.97 Å². The second-order valence-corrected chi connectivity index (χ2v) is 7.26. The zero-order chi connectivity index (χ0) is 26.3. The summed E-state index contributed by atoms with van der Waals surface area (Å²) in [5.41, 5.74) is -2.74. The number of pyridine rings is 2. The molecule has 0 aliphatic carbocycles. The molecule has 2 heterocycles. The number of rotatable bonds is 10. The molecule has 0 unspecified atom stereocenters. The Hall–Kier alpha value is -3.01. The first-order valence-corrected chi connectivity index (χ1v) is 10.3. The van der Waals surface area contributed by atoms with Crippen LogP contribution in [0.1, 0.15) is 38.1 Å². The van der Waals surface area contributed by atoms with E-state index in [-0.39, 0.29) is 32.7 Å². The molecule has 4 N–H and O–H groups in total. The van der Waals surface area contributed by atoms with Gasteiger partial charge in [0.1, 0.15) is 0 Å². The third-order valence-electron chi connectivity index (χ3n) is 5.13. The van der Waals surface area contributed by atoms with E-state index in [1.807, 2.05) is 13.8 Å². The third-order valence-corrected chi connectivity index (χ3v) is 5.13. The van der Waals surface area contributed by atoms with Gasteiger partial charge in [-0.25, -0.2) is 0 Å². The number of aromatic nitrogens is 2. The van der Waals surface area contributed by atoms with Gasteiger partial charge in [-0.15, -0.1) is 24.6 Å². The van der Waals surface area contributed by atoms with Crippen molar-refractivity contribution >= 4 is 23.1 Å². The third kappa shape index (κ3) is 8.01. The van der Waals surface area contributed by atoms with Crippen LogP contribution in [0.3, 0.4) is 0 Å². The molecule has 196 valence electrons. The number of hydrogen-bond donors (Lipinski definition) is 4. The standard InChI is InChI=1S/C23H22F6N6.Pt/c1-3-21(4-2,17-7-5-9-19(34-17)32-13-11-15(30)22(24,25)26)18-8-6-10-20(35-18)33-14-12-16(31)23(27,28)29;/h5-12,30-31H,3-4H2,1-2H3,(H,32,34)(H,33,35);/q-2;+2. The Morgan fingerprint density at radius 1 is 0.778 bits per heavy atom. The molecule has 0 aliphatic rings. The van der Waals surface area contributed by atoms with Crippen LogP contribution in [0.25, 0.3) is 0 Å². The van der Waals surface area contributed by atoms with E-state index in [1.165, 1.54) is 12.1 Å². The number of nitrogens with one attached hydrogen (secondary N) is 4. The maximum absolute atomic E-state index is 12.5. The summed E-state index contributed by atoms with van der Waals surface area (Å²) >= 11 is 0. The Balaban J connectivity index is 0.00000648.